The van der Waals surface area contributed by atoms with Crippen LogP contribution in [0.25, 0.3) is 0 Å². The number of aromatic nitrogens is 1. The lowest BCUT2D eigenvalue weighted by Crippen LogP contribution is -2.10. The number of carbonyl (C=O) groups is 1. The summed E-state index contributed by atoms with van der Waals surface area (Å²) in [6.07, 6.45) is 0.692. The Hall–Kier alpha value is -1.88. The van der Waals surface area contributed by atoms with Gasteiger partial charge in [0.15, 0.2) is 6.29 Å². The molecule has 0 spiro atoms. The van der Waals surface area contributed by atoms with Crippen LogP contribution in [0.1, 0.15) is 16.2 Å². The first-order valence-corrected chi connectivity index (χ1v) is 6.92. The summed E-state index contributed by atoms with van der Waals surface area (Å²) in [6, 6.07) is 11.1. The van der Waals surface area contributed by atoms with Gasteiger partial charge in [-0.25, -0.2) is 4.98 Å². The normalized spacial score (nSPS) is 10.1. The highest BCUT2D eigenvalue weighted by molar-refractivity contribution is 9.10. The van der Waals surface area contributed by atoms with E-state index in [-0.39, 0.29) is 0 Å². The highest BCUT2D eigenvalue weighted by atomic mass is 79.9. The van der Waals surface area contributed by atoms with E-state index in [2.05, 4.69) is 20.9 Å². The van der Waals surface area contributed by atoms with E-state index in [1.807, 2.05) is 31.2 Å². The number of ether oxygens (including phenoxy) is 2. The predicted octanol–water partition coefficient (Wildman–Crippen LogP) is 3.42. The third-order valence-corrected chi connectivity index (χ3v) is 3.09. The van der Waals surface area contributed by atoms with Crippen LogP contribution in [0.15, 0.2) is 40.9 Å². The lowest BCUT2D eigenvalue weighted by atomic mass is 10.3. The standard InChI is InChI=1S/C15H14BrNO3/c1-11-2-7-15(14(10-18)17-11)20-9-8-19-13-5-3-12(16)4-6-13/h2-7,10H,8-9H2,1H3. The molecule has 0 aliphatic heterocycles. The van der Waals surface area contributed by atoms with Gasteiger partial charge in [0.2, 0.25) is 0 Å². The molecule has 0 fully saturated rings. The monoisotopic (exact) mass is 335 g/mol. The quantitative estimate of drug-likeness (QED) is 0.599. The highest BCUT2D eigenvalue weighted by Gasteiger charge is 2.04. The van der Waals surface area contributed by atoms with E-state index >= 15 is 0 Å². The van der Waals surface area contributed by atoms with Crippen molar-refractivity contribution < 1.29 is 14.3 Å². The molecule has 0 atom stereocenters. The molecule has 1 heterocycles. The minimum atomic E-state index is 0.314. The van der Waals surface area contributed by atoms with Crippen LogP contribution in [0.2, 0.25) is 0 Å². The van der Waals surface area contributed by atoms with Gasteiger partial charge in [-0.1, -0.05) is 15.9 Å². The number of halogens is 1. The van der Waals surface area contributed by atoms with Crippen molar-refractivity contribution in [2.24, 2.45) is 0 Å². The summed E-state index contributed by atoms with van der Waals surface area (Å²) in [5.41, 5.74) is 1.10. The van der Waals surface area contributed by atoms with Gasteiger partial charge in [-0.2, -0.15) is 0 Å². The second-order valence-corrected chi connectivity index (χ2v) is 5.02. The van der Waals surface area contributed by atoms with E-state index in [0.29, 0.717) is 30.9 Å². The summed E-state index contributed by atoms with van der Waals surface area (Å²) in [5.74, 6) is 1.25. The molecule has 0 saturated carbocycles. The summed E-state index contributed by atoms with van der Waals surface area (Å²) in [4.78, 5) is 15.0. The molecule has 4 nitrogen and oxygen atoms in total. The van der Waals surface area contributed by atoms with Crippen LogP contribution in [-0.2, 0) is 0 Å². The fraction of sp³-hybridized carbons (Fsp3) is 0.200. The molecule has 0 unspecified atom stereocenters. The van der Waals surface area contributed by atoms with Gasteiger partial charge in [0, 0.05) is 10.2 Å². The van der Waals surface area contributed by atoms with Crippen molar-refractivity contribution in [3.63, 3.8) is 0 Å². The van der Waals surface area contributed by atoms with Gasteiger partial charge in [-0.05, 0) is 43.3 Å². The Morgan fingerprint density at radius 2 is 1.80 bits per heavy atom. The summed E-state index contributed by atoms with van der Waals surface area (Å²) < 4.78 is 12.0. The second-order valence-electron chi connectivity index (χ2n) is 4.10. The summed E-state index contributed by atoms with van der Waals surface area (Å²) in [7, 11) is 0. The van der Waals surface area contributed by atoms with Crippen molar-refractivity contribution in [3.8, 4) is 11.5 Å². The van der Waals surface area contributed by atoms with Gasteiger partial charge < -0.3 is 9.47 Å². The second kappa shape index (κ2) is 7.05. The number of aldehydes is 1. The first kappa shape index (κ1) is 14.5. The molecule has 0 radical (unpaired) electrons. The number of carbonyl (C=O) groups excluding carboxylic acids is 1. The highest BCUT2D eigenvalue weighted by Crippen LogP contribution is 2.17. The average molecular weight is 336 g/mol. The molecule has 5 heteroatoms. The Balaban J connectivity index is 1.84. The first-order chi connectivity index (χ1) is 9.69. The Labute approximate surface area is 125 Å². The molecule has 0 aliphatic rings. The van der Waals surface area contributed by atoms with Crippen LogP contribution < -0.4 is 9.47 Å². The average Bonchev–Trinajstić information content (AvgIpc) is 2.46. The van der Waals surface area contributed by atoms with Crippen molar-refractivity contribution in [1.82, 2.24) is 4.98 Å². The van der Waals surface area contributed by atoms with Gasteiger partial charge in [0.1, 0.15) is 30.4 Å². The number of benzene rings is 1. The van der Waals surface area contributed by atoms with E-state index < -0.39 is 0 Å². The SMILES string of the molecule is Cc1ccc(OCCOc2ccc(Br)cc2)c(C=O)n1. The van der Waals surface area contributed by atoms with E-state index in [1.165, 1.54) is 0 Å². The smallest absolute Gasteiger partial charge is 0.172 e. The zero-order chi connectivity index (χ0) is 14.4. The molecule has 20 heavy (non-hydrogen) atoms. The van der Waals surface area contributed by atoms with Crippen molar-refractivity contribution in [1.29, 1.82) is 0 Å². The van der Waals surface area contributed by atoms with Crippen molar-refractivity contribution in [3.05, 3.63) is 52.3 Å². The molecule has 1 aromatic heterocycles. The van der Waals surface area contributed by atoms with Crippen LogP contribution in [-0.4, -0.2) is 24.5 Å². The Bertz CT molecular complexity index is 584. The molecule has 1 aromatic carbocycles. The Kier molecular flexibility index (Phi) is 5.12. The summed E-state index contributed by atoms with van der Waals surface area (Å²) >= 11 is 3.36. The van der Waals surface area contributed by atoms with Crippen LogP contribution in [0.5, 0.6) is 11.5 Å². The third-order valence-electron chi connectivity index (χ3n) is 2.56. The predicted molar refractivity (Wildman–Crippen MR) is 79.5 cm³/mol. The molecule has 0 bridgehead atoms. The van der Waals surface area contributed by atoms with Crippen LogP contribution in [0.4, 0.5) is 0 Å². The zero-order valence-electron chi connectivity index (χ0n) is 11.0. The Morgan fingerprint density at radius 3 is 2.50 bits per heavy atom. The van der Waals surface area contributed by atoms with E-state index in [9.17, 15) is 4.79 Å². The lowest BCUT2D eigenvalue weighted by molar-refractivity contribution is 0.111. The zero-order valence-corrected chi connectivity index (χ0v) is 12.6. The van der Waals surface area contributed by atoms with Gasteiger partial charge >= 0.3 is 0 Å². The molecule has 2 rings (SSSR count). The van der Waals surface area contributed by atoms with Crippen molar-refractivity contribution in [2.45, 2.75) is 6.92 Å². The van der Waals surface area contributed by atoms with Gasteiger partial charge in [0.25, 0.3) is 0 Å². The first-order valence-electron chi connectivity index (χ1n) is 6.13. The fourth-order valence-electron chi connectivity index (χ4n) is 1.61. The summed E-state index contributed by atoms with van der Waals surface area (Å²) in [5, 5.41) is 0. The maximum absolute atomic E-state index is 10.9. The minimum absolute atomic E-state index is 0.314. The Morgan fingerprint density at radius 1 is 1.10 bits per heavy atom. The number of rotatable bonds is 6. The molecule has 0 N–H and O–H groups in total. The number of aryl methyl sites for hydroxylation is 1. The third kappa shape index (κ3) is 4.06. The molecular formula is C15H14BrNO3. The lowest BCUT2D eigenvalue weighted by Gasteiger charge is -2.09. The maximum atomic E-state index is 10.9. The van der Waals surface area contributed by atoms with Crippen LogP contribution in [0, 0.1) is 6.92 Å². The van der Waals surface area contributed by atoms with Gasteiger partial charge in [0.05, 0.1) is 0 Å². The topological polar surface area (TPSA) is 48.4 Å². The van der Waals surface area contributed by atoms with Crippen molar-refractivity contribution in [2.75, 3.05) is 13.2 Å². The number of pyridine rings is 1. The summed E-state index contributed by atoms with van der Waals surface area (Å²) in [6.45, 7) is 2.57. The number of hydrogen-bond donors (Lipinski definition) is 0. The molecule has 104 valence electrons. The van der Waals surface area contributed by atoms with Crippen molar-refractivity contribution >= 4 is 22.2 Å². The molecular weight excluding hydrogens is 322 g/mol. The molecule has 2 aromatic rings. The molecule has 0 amide bonds. The minimum Gasteiger partial charge on any atom is -0.490 e. The van der Waals surface area contributed by atoms with Crippen LogP contribution in [0.3, 0.4) is 0 Å². The van der Waals surface area contributed by atoms with Crippen LogP contribution >= 0.6 is 15.9 Å². The molecule has 0 aliphatic carbocycles. The number of hydrogen-bond acceptors (Lipinski definition) is 4. The molecule has 0 saturated heterocycles. The van der Waals surface area contributed by atoms with Gasteiger partial charge in [-0.3, -0.25) is 4.79 Å². The van der Waals surface area contributed by atoms with E-state index in [4.69, 9.17) is 9.47 Å². The fourth-order valence-corrected chi connectivity index (χ4v) is 1.88. The maximum Gasteiger partial charge on any atom is 0.172 e. The van der Waals surface area contributed by atoms with E-state index in [1.54, 1.807) is 12.1 Å². The largest absolute Gasteiger partial charge is 0.490 e. The van der Waals surface area contributed by atoms with Gasteiger partial charge in [-0.15, -0.1) is 0 Å². The van der Waals surface area contributed by atoms with E-state index in [0.717, 1.165) is 15.9 Å². The number of nitrogens with zero attached hydrogens (tertiary/aromatic N) is 1.